The van der Waals surface area contributed by atoms with E-state index < -0.39 is 11.6 Å². The van der Waals surface area contributed by atoms with Gasteiger partial charge in [-0.05, 0) is 18.6 Å². The Morgan fingerprint density at radius 3 is 2.88 bits per heavy atom. The number of aryl methyl sites for hydroxylation is 1. The number of anilines is 1. The SMILES string of the molecule is Cn1nc(-c2ccc(F)cc2F)cc1NC(=O)N1CCN2CCC1C2. The molecule has 2 aliphatic heterocycles. The van der Waals surface area contributed by atoms with Crippen LogP contribution in [-0.4, -0.2) is 57.8 Å². The summed E-state index contributed by atoms with van der Waals surface area (Å²) in [5, 5.41) is 7.09. The van der Waals surface area contributed by atoms with Crippen molar-refractivity contribution < 1.29 is 13.6 Å². The Balaban J connectivity index is 1.53. The Morgan fingerprint density at radius 1 is 1.24 bits per heavy atom. The van der Waals surface area contributed by atoms with E-state index in [-0.39, 0.29) is 17.6 Å². The van der Waals surface area contributed by atoms with Crippen molar-refractivity contribution in [2.24, 2.45) is 7.05 Å². The second-order valence-electron chi connectivity index (χ2n) is 6.53. The molecule has 2 bridgehead atoms. The summed E-state index contributed by atoms with van der Waals surface area (Å²) in [6.45, 7) is 3.55. The molecule has 2 amide bonds. The van der Waals surface area contributed by atoms with Crippen molar-refractivity contribution in [3.8, 4) is 11.3 Å². The fraction of sp³-hybridized carbons (Fsp3) is 0.412. The van der Waals surface area contributed by atoms with Gasteiger partial charge in [0.2, 0.25) is 0 Å². The molecular formula is C17H19F2N5O. The van der Waals surface area contributed by atoms with E-state index in [0.717, 1.165) is 32.1 Å². The second-order valence-corrected chi connectivity index (χ2v) is 6.53. The highest BCUT2D eigenvalue weighted by atomic mass is 19.1. The number of fused-ring (bicyclic) bond motifs is 2. The number of amides is 2. The van der Waals surface area contributed by atoms with Gasteiger partial charge in [-0.15, -0.1) is 0 Å². The van der Waals surface area contributed by atoms with Crippen LogP contribution in [-0.2, 0) is 7.05 Å². The first kappa shape index (κ1) is 16.0. The van der Waals surface area contributed by atoms with Gasteiger partial charge in [-0.25, -0.2) is 13.6 Å². The van der Waals surface area contributed by atoms with Crippen LogP contribution in [0.4, 0.5) is 19.4 Å². The molecule has 1 N–H and O–H groups in total. The summed E-state index contributed by atoms with van der Waals surface area (Å²) in [4.78, 5) is 16.8. The highest BCUT2D eigenvalue weighted by molar-refractivity contribution is 5.89. The lowest BCUT2D eigenvalue weighted by molar-refractivity contribution is 0.153. The molecule has 4 rings (SSSR count). The zero-order valence-electron chi connectivity index (χ0n) is 13.9. The second kappa shape index (κ2) is 6.11. The van der Waals surface area contributed by atoms with Crippen LogP contribution >= 0.6 is 0 Å². The van der Waals surface area contributed by atoms with Crippen molar-refractivity contribution in [2.45, 2.75) is 12.5 Å². The minimum absolute atomic E-state index is 0.166. The van der Waals surface area contributed by atoms with Crippen LogP contribution in [0.2, 0.25) is 0 Å². The molecule has 2 aromatic rings. The number of halogens is 2. The van der Waals surface area contributed by atoms with Crippen LogP contribution in [0.25, 0.3) is 11.3 Å². The number of carbonyl (C=O) groups is 1. The molecule has 3 heterocycles. The summed E-state index contributed by atoms with van der Waals surface area (Å²) in [6, 6.07) is 5.03. The summed E-state index contributed by atoms with van der Waals surface area (Å²) in [5.74, 6) is -0.844. The molecule has 132 valence electrons. The maximum Gasteiger partial charge on any atom is 0.323 e. The van der Waals surface area contributed by atoms with Gasteiger partial charge >= 0.3 is 6.03 Å². The lowest BCUT2D eigenvalue weighted by Crippen LogP contribution is -2.51. The first-order chi connectivity index (χ1) is 12.0. The molecule has 2 unspecified atom stereocenters. The highest BCUT2D eigenvalue weighted by Crippen LogP contribution is 2.26. The van der Waals surface area contributed by atoms with Gasteiger partial charge in [0.05, 0.1) is 5.69 Å². The Kier molecular flexibility index (Phi) is 3.91. The largest absolute Gasteiger partial charge is 0.323 e. The molecule has 2 atom stereocenters. The van der Waals surface area contributed by atoms with Gasteiger partial charge in [0.15, 0.2) is 0 Å². The quantitative estimate of drug-likeness (QED) is 0.907. The normalized spacial score (nSPS) is 22.3. The van der Waals surface area contributed by atoms with E-state index in [1.807, 2.05) is 4.90 Å². The fourth-order valence-electron chi connectivity index (χ4n) is 3.56. The number of nitrogens with one attached hydrogen (secondary N) is 1. The van der Waals surface area contributed by atoms with Gasteiger partial charge in [0.25, 0.3) is 0 Å². The van der Waals surface area contributed by atoms with Crippen LogP contribution in [0.1, 0.15) is 6.42 Å². The van der Waals surface area contributed by atoms with E-state index in [0.29, 0.717) is 18.1 Å². The molecule has 0 saturated carbocycles. The Hall–Kier alpha value is -2.48. The van der Waals surface area contributed by atoms with Crippen LogP contribution in [0.15, 0.2) is 24.3 Å². The topological polar surface area (TPSA) is 53.4 Å². The van der Waals surface area contributed by atoms with Crippen molar-refractivity contribution in [3.63, 3.8) is 0 Å². The Bertz CT molecular complexity index is 821. The number of hydrogen-bond donors (Lipinski definition) is 1. The number of aromatic nitrogens is 2. The summed E-state index contributed by atoms with van der Waals surface area (Å²) in [5.41, 5.74) is 0.544. The van der Waals surface area contributed by atoms with Gasteiger partial charge in [-0.3, -0.25) is 14.9 Å². The van der Waals surface area contributed by atoms with Gasteiger partial charge in [-0.2, -0.15) is 5.10 Å². The van der Waals surface area contributed by atoms with Crippen molar-refractivity contribution in [1.29, 1.82) is 0 Å². The monoisotopic (exact) mass is 347 g/mol. The van der Waals surface area contributed by atoms with E-state index in [1.165, 1.54) is 16.8 Å². The third-order valence-electron chi connectivity index (χ3n) is 4.93. The molecule has 0 aliphatic carbocycles. The first-order valence-corrected chi connectivity index (χ1v) is 8.31. The summed E-state index contributed by atoms with van der Waals surface area (Å²) in [7, 11) is 1.67. The number of hydrogen-bond acceptors (Lipinski definition) is 3. The number of piperazine rings is 1. The smallest absolute Gasteiger partial charge is 0.319 e. The van der Waals surface area contributed by atoms with Crippen molar-refractivity contribution in [2.75, 3.05) is 31.5 Å². The molecule has 2 saturated heterocycles. The number of nitrogens with zero attached hydrogens (tertiary/aromatic N) is 4. The summed E-state index contributed by atoms with van der Waals surface area (Å²) < 4.78 is 28.5. The van der Waals surface area contributed by atoms with Crippen LogP contribution < -0.4 is 5.32 Å². The minimum Gasteiger partial charge on any atom is -0.319 e. The molecule has 2 fully saturated rings. The molecule has 6 nitrogen and oxygen atoms in total. The standard InChI is InChI=1S/C17H19F2N5O/c1-22-16(9-15(21-22)13-3-2-11(18)8-14(13)19)20-17(25)24-7-6-23-5-4-12(24)10-23/h2-3,8-9,12H,4-7,10H2,1H3,(H,20,25). The molecule has 1 aromatic heterocycles. The Morgan fingerprint density at radius 2 is 2.08 bits per heavy atom. The van der Waals surface area contributed by atoms with Gasteiger partial charge in [-0.1, -0.05) is 0 Å². The van der Waals surface area contributed by atoms with E-state index in [1.54, 1.807) is 13.1 Å². The number of carbonyl (C=O) groups excluding carboxylic acids is 1. The average Bonchev–Trinajstić information content (AvgIpc) is 3.11. The van der Waals surface area contributed by atoms with Crippen LogP contribution in [0.5, 0.6) is 0 Å². The zero-order valence-corrected chi connectivity index (χ0v) is 13.9. The van der Waals surface area contributed by atoms with Crippen LogP contribution in [0.3, 0.4) is 0 Å². The lowest BCUT2D eigenvalue weighted by atomic mass is 10.1. The first-order valence-electron chi connectivity index (χ1n) is 8.31. The maximum absolute atomic E-state index is 13.9. The lowest BCUT2D eigenvalue weighted by Gasteiger charge is -2.34. The predicted octanol–water partition coefficient (Wildman–Crippen LogP) is 2.29. The minimum atomic E-state index is -0.682. The van der Waals surface area contributed by atoms with E-state index in [9.17, 15) is 13.6 Å². The number of urea groups is 1. The van der Waals surface area contributed by atoms with Crippen molar-refractivity contribution in [1.82, 2.24) is 19.6 Å². The molecular weight excluding hydrogens is 328 g/mol. The van der Waals surface area contributed by atoms with Gasteiger partial charge in [0.1, 0.15) is 17.5 Å². The van der Waals surface area contributed by atoms with Crippen molar-refractivity contribution >= 4 is 11.8 Å². The van der Waals surface area contributed by atoms with E-state index >= 15 is 0 Å². The number of rotatable bonds is 2. The molecule has 2 aliphatic rings. The molecule has 0 radical (unpaired) electrons. The molecule has 0 spiro atoms. The third kappa shape index (κ3) is 2.97. The van der Waals surface area contributed by atoms with Crippen molar-refractivity contribution in [3.05, 3.63) is 35.9 Å². The molecule has 8 heteroatoms. The summed E-state index contributed by atoms with van der Waals surface area (Å²) in [6.07, 6.45) is 0.991. The molecule has 25 heavy (non-hydrogen) atoms. The van der Waals surface area contributed by atoms with Gasteiger partial charge in [0, 0.05) is 57.0 Å². The fourth-order valence-corrected chi connectivity index (χ4v) is 3.56. The molecule has 1 aromatic carbocycles. The average molecular weight is 347 g/mol. The third-order valence-corrected chi connectivity index (χ3v) is 4.93. The predicted molar refractivity (Wildman–Crippen MR) is 89.1 cm³/mol. The van der Waals surface area contributed by atoms with E-state index in [2.05, 4.69) is 15.3 Å². The van der Waals surface area contributed by atoms with Crippen LogP contribution in [0, 0.1) is 11.6 Å². The highest BCUT2D eigenvalue weighted by Gasteiger charge is 2.35. The van der Waals surface area contributed by atoms with E-state index in [4.69, 9.17) is 0 Å². The Labute approximate surface area is 144 Å². The number of benzene rings is 1. The zero-order chi connectivity index (χ0) is 17.6. The summed E-state index contributed by atoms with van der Waals surface area (Å²) >= 11 is 0. The van der Waals surface area contributed by atoms with Gasteiger partial charge < -0.3 is 4.90 Å². The maximum atomic E-state index is 13.9.